The zero-order chi connectivity index (χ0) is 17.1. The minimum absolute atomic E-state index is 0.165. The molecule has 0 atom stereocenters. The fourth-order valence-electron chi connectivity index (χ4n) is 2.66. The first-order valence-electron chi connectivity index (χ1n) is 9.00. The van der Waals surface area contributed by atoms with Gasteiger partial charge >= 0.3 is 0 Å². The second kappa shape index (κ2) is 11.0. The molecule has 0 aliphatic carbocycles. The summed E-state index contributed by atoms with van der Waals surface area (Å²) in [6, 6.07) is 0.456. The molecular formula is C19H37N3O. The molecule has 0 radical (unpaired) electrons. The van der Waals surface area contributed by atoms with Gasteiger partial charge in [0.25, 0.3) is 0 Å². The summed E-state index contributed by atoms with van der Waals surface area (Å²) in [5.41, 5.74) is -0.165. The Hall–Kier alpha value is -0.680. The summed E-state index contributed by atoms with van der Waals surface area (Å²) in [7, 11) is 2.20. The second-order valence-corrected chi connectivity index (χ2v) is 7.08. The van der Waals surface area contributed by atoms with Gasteiger partial charge in [-0.15, -0.1) is 13.2 Å². The SMILES string of the molecule is C=CC(C=C)(CNC(C)C)COCCCCN1CCN(C)CC1. The van der Waals surface area contributed by atoms with Crippen molar-refractivity contribution in [1.29, 1.82) is 0 Å². The number of piperazine rings is 1. The first kappa shape index (κ1) is 20.4. The van der Waals surface area contributed by atoms with Gasteiger partial charge in [0.15, 0.2) is 0 Å². The van der Waals surface area contributed by atoms with Crippen molar-refractivity contribution < 1.29 is 4.74 Å². The molecule has 0 saturated carbocycles. The number of rotatable bonds is 12. The summed E-state index contributed by atoms with van der Waals surface area (Å²) < 4.78 is 5.91. The largest absolute Gasteiger partial charge is 0.380 e. The van der Waals surface area contributed by atoms with Crippen molar-refractivity contribution in [2.45, 2.75) is 32.7 Å². The van der Waals surface area contributed by atoms with Gasteiger partial charge in [-0.3, -0.25) is 0 Å². The van der Waals surface area contributed by atoms with Crippen LogP contribution in [0.3, 0.4) is 0 Å². The Morgan fingerprint density at radius 3 is 2.35 bits per heavy atom. The van der Waals surface area contributed by atoms with E-state index in [-0.39, 0.29) is 5.41 Å². The third kappa shape index (κ3) is 8.11. The van der Waals surface area contributed by atoms with Crippen molar-refractivity contribution in [3.8, 4) is 0 Å². The van der Waals surface area contributed by atoms with Crippen molar-refractivity contribution >= 4 is 0 Å². The molecule has 1 heterocycles. The minimum atomic E-state index is -0.165. The van der Waals surface area contributed by atoms with Crippen molar-refractivity contribution in [2.75, 3.05) is 59.5 Å². The lowest BCUT2D eigenvalue weighted by atomic mass is 9.89. The van der Waals surface area contributed by atoms with Crippen LogP contribution in [0, 0.1) is 5.41 Å². The standard InChI is InChI=1S/C19H37N3O/c1-6-19(7-2,16-20-18(3)4)17-23-15-9-8-10-22-13-11-21(5)12-14-22/h6-7,18,20H,1-2,8-17H2,3-5H3. The van der Waals surface area contributed by atoms with E-state index in [1.54, 1.807) is 0 Å². The van der Waals surface area contributed by atoms with E-state index in [9.17, 15) is 0 Å². The van der Waals surface area contributed by atoms with E-state index in [2.05, 4.69) is 49.2 Å². The van der Waals surface area contributed by atoms with E-state index < -0.39 is 0 Å². The molecule has 0 aromatic heterocycles. The third-order valence-corrected chi connectivity index (χ3v) is 4.63. The zero-order valence-corrected chi connectivity index (χ0v) is 15.5. The van der Waals surface area contributed by atoms with Crippen LogP contribution in [0.4, 0.5) is 0 Å². The fraction of sp³-hybridized carbons (Fsp3) is 0.789. The molecule has 1 rings (SSSR count). The molecule has 0 aromatic carbocycles. The van der Waals surface area contributed by atoms with E-state index in [1.165, 1.54) is 39.1 Å². The first-order valence-corrected chi connectivity index (χ1v) is 9.00. The number of unbranched alkanes of at least 4 members (excludes halogenated alkanes) is 1. The number of ether oxygens (including phenoxy) is 1. The van der Waals surface area contributed by atoms with E-state index in [0.717, 1.165) is 19.6 Å². The van der Waals surface area contributed by atoms with Gasteiger partial charge in [-0.1, -0.05) is 26.0 Å². The molecule has 0 bridgehead atoms. The molecule has 4 nitrogen and oxygen atoms in total. The summed E-state index contributed by atoms with van der Waals surface area (Å²) in [5.74, 6) is 0. The van der Waals surface area contributed by atoms with Gasteiger partial charge in [-0.2, -0.15) is 0 Å². The maximum Gasteiger partial charge on any atom is 0.0603 e. The molecular weight excluding hydrogens is 286 g/mol. The van der Waals surface area contributed by atoms with Gasteiger partial charge in [0.1, 0.15) is 0 Å². The van der Waals surface area contributed by atoms with Crippen LogP contribution in [0.2, 0.25) is 0 Å². The van der Waals surface area contributed by atoms with Gasteiger partial charge in [0.05, 0.1) is 6.61 Å². The molecule has 4 heteroatoms. The molecule has 23 heavy (non-hydrogen) atoms. The van der Waals surface area contributed by atoms with Crippen LogP contribution < -0.4 is 5.32 Å². The van der Waals surface area contributed by atoms with E-state index in [1.807, 2.05) is 12.2 Å². The maximum absolute atomic E-state index is 5.91. The van der Waals surface area contributed by atoms with Crippen molar-refractivity contribution in [2.24, 2.45) is 5.41 Å². The molecule has 1 saturated heterocycles. The molecule has 0 unspecified atom stereocenters. The minimum Gasteiger partial charge on any atom is -0.380 e. The first-order chi connectivity index (χ1) is 11.0. The highest BCUT2D eigenvalue weighted by Gasteiger charge is 2.23. The van der Waals surface area contributed by atoms with Crippen molar-refractivity contribution in [3.63, 3.8) is 0 Å². The van der Waals surface area contributed by atoms with Crippen molar-refractivity contribution in [1.82, 2.24) is 15.1 Å². The van der Waals surface area contributed by atoms with E-state index in [0.29, 0.717) is 12.6 Å². The van der Waals surface area contributed by atoms with Crippen LogP contribution in [0.15, 0.2) is 25.3 Å². The summed E-state index contributed by atoms with van der Waals surface area (Å²) in [5, 5.41) is 3.45. The van der Waals surface area contributed by atoms with Gasteiger partial charge < -0.3 is 19.9 Å². The Labute approximate surface area is 143 Å². The maximum atomic E-state index is 5.91. The molecule has 1 fully saturated rings. The molecule has 1 N–H and O–H groups in total. The highest BCUT2D eigenvalue weighted by Crippen LogP contribution is 2.20. The van der Waals surface area contributed by atoms with Gasteiger partial charge in [-0.25, -0.2) is 0 Å². The topological polar surface area (TPSA) is 27.7 Å². The van der Waals surface area contributed by atoms with Crippen LogP contribution in [-0.2, 0) is 4.74 Å². The Morgan fingerprint density at radius 1 is 1.13 bits per heavy atom. The Morgan fingerprint density at radius 2 is 1.78 bits per heavy atom. The quantitative estimate of drug-likeness (QED) is 0.441. The third-order valence-electron chi connectivity index (χ3n) is 4.63. The van der Waals surface area contributed by atoms with E-state index >= 15 is 0 Å². The number of nitrogens with one attached hydrogen (secondary N) is 1. The monoisotopic (exact) mass is 323 g/mol. The molecule has 0 aromatic rings. The summed E-state index contributed by atoms with van der Waals surface area (Å²) in [6.45, 7) is 20.5. The average Bonchev–Trinajstić information content (AvgIpc) is 2.55. The fourth-order valence-corrected chi connectivity index (χ4v) is 2.66. The van der Waals surface area contributed by atoms with Crippen LogP contribution in [-0.4, -0.2) is 75.4 Å². The van der Waals surface area contributed by atoms with Crippen LogP contribution in [0.5, 0.6) is 0 Å². The van der Waals surface area contributed by atoms with Crippen molar-refractivity contribution in [3.05, 3.63) is 25.3 Å². The summed E-state index contributed by atoms with van der Waals surface area (Å²) >= 11 is 0. The number of hydrogen-bond acceptors (Lipinski definition) is 4. The average molecular weight is 324 g/mol. The second-order valence-electron chi connectivity index (χ2n) is 7.08. The molecule has 0 amide bonds. The number of nitrogens with zero attached hydrogens (tertiary/aromatic N) is 2. The van der Waals surface area contributed by atoms with Crippen LogP contribution >= 0.6 is 0 Å². The molecule has 0 spiro atoms. The Bertz CT molecular complexity index is 328. The Balaban J connectivity index is 2.14. The lowest BCUT2D eigenvalue weighted by Crippen LogP contribution is -2.44. The molecule has 134 valence electrons. The molecule has 1 aliphatic heterocycles. The lowest BCUT2D eigenvalue weighted by molar-refractivity contribution is 0.0802. The normalized spacial score (nSPS) is 17.6. The lowest BCUT2D eigenvalue weighted by Gasteiger charge is -2.32. The van der Waals surface area contributed by atoms with Crippen LogP contribution in [0.1, 0.15) is 26.7 Å². The highest BCUT2D eigenvalue weighted by molar-refractivity contribution is 5.08. The van der Waals surface area contributed by atoms with Gasteiger partial charge in [-0.05, 0) is 26.4 Å². The summed E-state index contributed by atoms with van der Waals surface area (Å²) in [4.78, 5) is 4.96. The van der Waals surface area contributed by atoms with Crippen LogP contribution in [0.25, 0.3) is 0 Å². The predicted molar refractivity (Wildman–Crippen MR) is 100.0 cm³/mol. The predicted octanol–water partition coefficient (Wildman–Crippen LogP) is 2.39. The highest BCUT2D eigenvalue weighted by atomic mass is 16.5. The summed E-state index contributed by atoms with van der Waals surface area (Å²) in [6.07, 6.45) is 6.25. The van der Waals surface area contributed by atoms with E-state index in [4.69, 9.17) is 4.74 Å². The Kier molecular flexibility index (Phi) is 9.72. The van der Waals surface area contributed by atoms with Gasteiger partial charge in [0, 0.05) is 50.8 Å². The number of likely N-dealkylation sites (N-methyl/N-ethyl adjacent to an activating group) is 1. The van der Waals surface area contributed by atoms with Gasteiger partial charge in [0.2, 0.25) is 0 Å². The molecule has 1 aliphatic rings. The smallest absolute Gasteiger partial charge is 0.0603 e. The zero-order valence-electron chi connectivity index (χ0n) is 15.5. The number of hydrogen-bond donors (Lipinski definition) is 1.